The fourth-order valence-electron chi connectivity index (χ4n) is 1.58. The summed E-state index contributed by atoms with van der Waals surface area (Å²) in [6.07, 6.45) is 1.44. The molecule has 7 nitrogen and oxygen atoms in total. The molecule has 0 aliphatic carbocycles. The van der Waals surface area contributed by atoms with Gasteiger partial charge in [0.25, 0.3) is 0 Å². The lowest BCUT2D eigenvalue weighted by atomic mass is 9.89. The maximum atomic E-state index is 11.9. The van der Waals surface area contributed by atoms with Gasteiger partial charge in [-0.05, 0) is 19.8 Å². The second-order valence-corrected chi connectivity index (χ2v) is 6.42. The molecule has 2 N–H and O–H groups in total. The Kier molecular flexibility index (Phi) is 9.76. The van der Waals surface area contributed by atoms with Crippen LogP contribution in [0, 0.1) is 5.41 Å². The van der Waals surface area contributed by atoms with Crippen molar-refractivity contribution in [3.8, 4) is 0 Å². The summed E-state index contributed by atoms with van der Waals surface area (Å²) >= 11 is 0. The Labute approximate surface area is 144 Å². The molecule has 0 aliphatic rings. The minimum absolute atomic E-state index is 0.0245. The van der Waals surface area contributed by atoms with E-state index in [1.54, 1.807) is 14.0 Å². The molecular weight excluding hydrogens is 310 g/mol. The van der Waals surface area contributed by atoms with E-state index in [1.165, 1.54) is 4.90 Å². The monoisotopic (exact) mass is 341 g/mol. The van der Waals surface area contributed by atoms with E-state index in [-0.39, 0.29) is 30.5 Å². The third-order valence-corrected chi connectivity index (χ3v) is 3.76. The molecular formula is C17H31N3O4. The highest BCUT2D eigenvalue weighted by molar-refractivity contribution is 5.86. The van der Waals surface area contributed by atoms with Gasteiger partial charge in [0.1, 0.15) is 6.61 Å². The normalized spacial score (nSPS) is 10.7. The molecule has 0 aliphatic heterocycles. The topological polar surface area (TPSA) is 87.7 Å². The summed E-state index contributed by atoms with van der Waals surface area (Å²) in [5.74, 6) is -0.445. The number of hydrogen-bond acceptors (Lipinski definition) is 4. The van der Waals surface area contributed by atoms with Crippen molar-refractivity contribution in [3.05, 3.63) is 12.2 Å². The number of esters is 1. The van der Waals surface area contributed by atoms with E-state index in [0.29, 0.717) is 25.1 Å². The van der Waals surface area contributed by atoms with Crippen LogP contribution >= 0.6 is 0 Å². The lowest BCUT2D eigenvalue weighted by Gasteiger charge is -2.22. The van der Waals surface area contributed by atoms with Gasteiger partial charge in [-0.3, -0.25) is 4.79 Å². The summed E-state index contributed by atoms with van der Waals surface area (Å²) in [7, 11) is 1.67. The number of amides is 3. The Bertz CT molecular complexity index is 461. The van der Waals surface area contributed by atoms with Crippen LogP contribution in [0.2, 0.25) is 0 Å². The van der Waals surface area contributed by atoms with Crippen molar-refractivity contribution in [2.24, 2.45) is 5.41 Å². The third kappa shape index (κ3) is 8.55. The molecule has 0 bridgehead atoms. The third-order valence-electron chi connectivity index (χ3n) is 3.76. The van der Waals surface area contributed by atoms with Gasteiger partial charge in [-0.2, -0.15) is 0 Å². The fraction of sp³-hybridized carbons (Fsp3) is 0.706. The molecule has 0 atom stereocenters. The van der Waals surface area contributed by atoms with Crippen molar-refractivity contribution in [3.63, 3.8) is 0 Å². The van der Waals surface area contributed by atoms with E-state index in [4.69, 9.17) is 4.74 Å². The molecule has 138 valence electrons. The number of carbonyl (C=O) groups excluding carboxylic acids is 3. The van der Waals surface area contributed by atoms with Crippen LogP contribution in [0.4, 0.5) is 4.79 Å². The second kappa shape index (κ2) is 10.7. The average molecular weight is 341 g/mol. The van der Waals surface area contributed by atoms with Crippen LogP contribution in [0.5, 0.6) is 0 Å². The predicted molar refractivity (Wildman–Crippen MR) is 93.5 cm³/mol. The summed E-state index contributed by atoms with van der Waals surface area (Å²) in [6.45, 7) is 12.2. The number of hydrogen-bond donors (Lipinski definition) is 2. The van der Waals surface area contributed by atoms with E-state index in [9.17, 15) is 14.4 Å². The zero-order valence-electron chi connectivity index (χ0n) is 15.5. The average Bonchev–Trinajstić information content (AvgIpc) is 2.54. The lowest BCUT2D eigenvalue weighted by molar-refractivity contribution is -0.138. The van der Waals surface area contributed by atoms with Crippen molar-refractivity contribution in [2.45, 2.75) is 40.5 Å². The molecule has 0 saturated carbocycles. The van der Waals surface area contributed by atoms with Gasteiger partial charge in [-0.1, -0.05) is 27.4 Å². The van der Waals surface area contributed by atoms with Crippen molar-refractivity contribution in [2.75, 3.05) is 33.3 Å². The SMILES string of the molecule is C=C(C)C(=O)OCCNC(=O)N(C)CCCNC(=O)C(C)(C)CC. The Morgan fingerprint density at radius 3 is 2.33 bits per heavy atom. The minimum atomic E-state index is -0.469. The zero-order chi connectivity index (χ0) is 18.8. The highest BCUT2D eigenvalue weighted by atomic mass is 16.5. The van der Waals surface area contributed by atoms with Crippen LogP contribution in [-0.2, 0) is 14.3 Å². The largest absolute Gasteiger partial charge is 0.460 e. The molecule has 0 spiro atoms. The highest BCUT2D eigenvalue weighted by Crippen LogP contribution is 2.19. The van der Waals surface area contributed by atoms with Gasteiger partial charge in [-0.15, -0.1) is 0 Å². The van der Waals surface area contributed by atoms with E-state index in [0.717, 1.165) is 6.42 Å². The molecule has 7 heteroatoms. The van der Waals surface area contributed by atoms with Crippen LogP contribution in [0.15, 0.2) is 12.2 Å². The highest BCUT2D eigenvalue weighted by Gasteiger charge is 2.24. The molecule has 0 aromatic rings. The Morgan fingerprint density at radius 1 is 1.17 bits per heavy atom. The Morgan fingerprint density at radius 2 is 1.79 bits per heavy atom. The number of rotatable bonds is 10. The van der Waals surface area contributed by atoms with E-state index in [1.807, 2.05) is 20.8 Å². The summed E-state index contributed by atoms with van der Waals surface area (Å²) < 4.78 is 4.88. The number of nitrogens with one attached hydrogen (secondary N) is 2. The second-order valence-electron chi connectivity index (χ2n) is 6.42. The summed E-state index contributed by atoms with van der Waals surface area (Å²) in [5, 5.41) is 5.53. The summed E-state index contributed by atoms with van der Waals surface area (Å²) in [4.78, 5) is 36.4. The molecule has 0 unspecified atom stereocenters. The molecule has 0 aromatic carbocycles. The van der Waals surface area contributed by atoms with Gasteiger partial charge in [0.05, 0.1) is 6.54 Å². The number of ether oxygens (including phenoxy) is 1. The van der Waals surface area contributed by atoms with Crippen LogP contribution < -0.4 is 10.6 Å². The van der Waals surface area contributed by atoms with Gasteiger partial charge in [-0.25, -0.2) is 9.59 Å². The first-order chi connectivity index (χ1) is 11.1. The molecule has 0 aromatic heterocycles. The van der Waals surface area contributed by atoms with Crippen molar-refractivity contribution >= 4 is 17.9 Å². The smallest absolute Gasteiger partial charge is 0.333 e. The van der Waals surface area contributed by atoms with Gasteiger partial charge in [0.2, 0.25) is 5.91 Å². The number of urea groups is 1. The molecule has 0 saturated heterocycles. The van der Waals surface area contributed by atoms with Crippen LogP contribution in [0.25, 0.3) is 0 Å². The van der Waals surface area contributed by atoms with Gasteiger partial charge >= 0.3 is 12.0 Å². The lowest BCUT2D eigenvalue weighted by Crippen LogP contribution is -2.41. The molecule has 0 heterocycles. The summed E-state index contributed by atoms with van der Waals surface area (Å²) in [6, 6.07) is -0.249. The standard InChI is InChI=1S/C17H31N3O4/c1-7-17(4,5)15(22)18-9-8-11-20(6)16(23)19-10-12-24-14(21)13(2)3/h2,7-12H2,1,3-6H3,(H,18,22)(H,19,23). The van der Waals surface area contributed by atoms with Crippen LogP contribution in [0.3, 0.4) is 0 Å². The fourth-order valence-corrected chi connectivity index (χ4v) is 1.58. The Hall–Kier alpha value is -2.05. The predicted octanol–water partition coefficient (Wildman–Crippen LogP) is 1.69. The van der Waals surface area contributed by atoms with Gasteiger partial charge in [0, 0.05) is 31.1 Å². The van der Waals surface area contributed by atoms with E-state index >= 15 is 0 Å². The first-order valence-electron chi connectivity index (χ1n) is 8.21. The molecule has 0 rings (SSSR count). The van der Waals surface area contributed by atoms with Gasteiger partial charge < -0.3 is 20.3 Å². The number of nitrogens with zero attached hydrogens (tertiary/aromatic N) is 1. The first kappa shape index (κ1) is 21.9. The molecule has 0 fully saturated rings. The summed E-state index contributed by atoms with van der Waals surface area (Å²) in [5.41, 5.74) is -0.0448. The molecule has 24 heavy (non-hydrogen) atoms. The maximum Gasteiger partial charge on any atom is 0.333 e. The maximum absolute atomic E-state index is 11.9. The van der Waals surface area contributed by atoms with Gasteiger partial charge in [0.15, 0.2) is 0 Å². The molecule has 3 amide bonds. The van der Waals surface area contributed by atoms with E-state index in [2.05, 4.69) is 17.2 Å². The quantitative estimate of drug-likeness (QED) is 0.360. The number of carbonyl (C=O) groups is 3. The van der Waals surface area contributed by atoms with Crippen molar-refractivity contribution in [1.29, 1.82) is 0 Å². The zero-order valence-corrected chi connectivity index (χ0v) is 15.5. The first-order valence-corrected chi connectivity index (χ1v) is 8.21. The molecule has 0 radical (unpaired) electrons. The Balaban J connectivity index is 3.86. The minimum Gasteiger partial charge on any atom is -0.460 e. The van der Waals surface area contributed by atoms with Crippen molar-refractivity contribution < 1.29 is 19.1 Å². The van der Waals surface area contributed by atoms with E-state index < -0.39 is 5.97 Å². The van der Waals surface area contributed by atoms with Crippen LogP contribution in [0.1, 0.15) is 40.5 Å². The van der Waals surface area contributed by atoms with Crippen molar-refractivity contribution in [1.82, 2.24) is 15.5 Å². The van der Waals surface area contributed by atoms with Crippen LogP contribution in [-0.4, -0.2) is 56.1 Å².